The van der Waals surface area contributed by atoms with Crippen LogP contribution < -0.4 is 15.8 Å². The van der Waals surface area contributed by atoms with E-state index in [9.17, 15) is 4.79 Å². The van der Waals surface area contributed by atoms with Crippen LogP contribution in [0.4, 0.5) is 5.69 Å². The first-order chi connectivity index (χ1) is 12.6. The zero-order valence-corrected chi connectivity index (χ0v) is 15.3. The minimum atomic E-state index is -0.280. The van der Waals surface area contributed by atoms with Crippen molar-refractivity contribution in [2.45, 2.75) is 6.54 Å². The fourth-order valence-corrected chi connectivity index (χ4v) is 3.00. The molecule has 3 N–H and O–H groups in total. The number of carbonyl (C=O) groups excluding carboxylic acids is 1. The van der Waals surface area contributed by atoms with Crippen molar-refractivity contribution in [3.8, 4) is 5.75 Å². The number of hydrogen-bond donors (Lipinski definition) is 2. The van der Waals surface area contributed by atoms with Crippen LogP contribution in [-0.2, 0) is 6.54 Å². The van der Waals surface area contributed by atoms with Gasteiger partial charge in [0, 0.05) is 19.2 Å². The molecular weight excluding hydrogens is 352 g/mol. The van der Waals surface area contributed by atoms with Crippen LogP contribution in [0.15, 0.2) is 47.5 Å². The molecule has 0 spiro atoms. The molecule has 0 saturated heterocycles. The molecule has 0 atom stereocenters. The van der Waals surface area contributed by atoms with Gasteiger partial charge in [-0.2, -0.15) is 0 Å². The molecule has 1 aliphatic rings. The molecule has 0 saturated carbocycles. The molecule has 1 heterocycles. The molecule has 6 nitrogen and oxygen atoms in total. The zero-order chi connectivity index (χ0) is 18.5. The molecule has 1 aliphatic heterocycles. The minimum absolute atomic E-state index is 0.280. The summed E-state index contributed by atoms with van der Waals surface area (Å²) in [6, 6.07) is 13.2. The van der Waals surface area contributed by atoms with Gasteiger partial charge in [-0.3, -0.25) is 9.79 Å². The minimum Gasteiger partial charge on any atom is -0.496 e. The Morgan fingerprint density at radius 2 is 2.12 bits per heavy atom. The number of rotatable bonds is 6. The van der Waals surface area contributed by atoms with Crippen molar-refractivity contribution in [1.82, 2.24) is 10.2 Å². The van der Waals surface area contributed by atoms with Crippen molar-refractivity contribution >= 4 is 29.0 Å². The SMILES string of the molecule is COc1cc(N)c(Cl)cc1C(=O)NCC1=NCCN1Cc1ccccc1. The van der Waals surface area contributed by atoms with E-state index in [4.69, 9.17) is 22.1 Å². The van der Waals surface area contributed by atoms with Crippen molar-refractivity contribution in [3.63, 3.8) is 0 Å². The summed E-state index contributed by atoms with van der Waals surface area (Å²) in [5, 5.41) is 3.21. The van der Waals surface area contributed by atoms with Crippen LogP contribution in [0.3, 0.4) is 0 Å². The number of nitrogens with one attached hydrogen (secondary N) is 1. The van der Waals surface area contributed by atoms with Gasteiger partial charge in [-0.25, -0.2) is 0 Å². The number of nitrogens with zero attached hydrogens (tertiary/aromatic N) is 2. The predicted octanol–water partition coefficient (Wildman–Crippen LogP) is 2.57. The van der Waals surface area contributed by atoms with Crippen LogP contribution in [0, 0.1) is 0 Å². The first-order valence-electron chi connectivity index (χ1n) is 8.32. The lowest BCUT2D eigenvalue weighted by Crippen LogP contribution is -2.37. The lowest BCUT2D eigenvalue weighted by atomic mass is 10.1. The standard InChI is InChI=1S/C19H21ClN4O2/c1-26-17-10-16(21)15(20)9-14(17)19(25)23-11-18-22-7-8-24(18)12-13-5-3-2-4-6-13/h2-6,9-10H,7-8,11-12,21H2,1H3,(H,23,25). The molecule has 1 amide bonds. The second-order valence-electron chi connectivity index (χ2n) is 5.96. The van der Waals surface area contributed by atoms with Crippen molar-refractivity contribution in [2.75, 3.05) is 32.5 Å². The number of carbonyl (C=O) groups is 1. The topological polar surface area (TPSA) is 79.9 Å². The van der Waals surface area contributed by atoms with Crippen LogP contribution in [0.1, 0.15) is 15.9 Å². The molecule has 0 unspecified atom stereocenters. The van der Waals surface area contributed by atoms with E-state index >= 15 is 0 Å². The van der Waals surface area contributed by atoms with Gasteiger partial charge in [-0.1, -0.05) is 41.9 Å². The van der Waals surface area contributed by atoms with Gasteiger partial charge in [0.15, 0.2) is 0 Å². The van der Waals surface area contributed by atoms with E-state index in [0.29, 0.717) is 28.6 Å². The Labute approximate surface area is 157 Å². The molecular formula is C19H21ClN4O2. The molecule has 3 rings (SSSR count). The van der Waals surface area contributed by atoms with Crippen molar-refractivity contribution < 1.29 is 9.53 Å². The fraction of sp³-hybridized carbons (Fsp3) is 0.263. The Morgan fingerprint density at radius 1 is 1.35 bits per heavy atom. The van der Waals surface area contributed by atoms with Crippen LogP contribution in [0.5, 0.6) is 5.75 Å². The molecule has 0 radical (unpaired) electrons. The second-order valence-corrected chi connectivity index (χ2v) is 6.37. The summed E-state index contributed by atoms with van der Waals surface area (Å²) < 4.78 is 5.23. The maximum absolute atomic E-state index is 12.5. The first kappa shape index (κ1) is 18.1. The summed E-state index contributed by atoms with van der Waals surface area (Å²) in [7, 11) is 1.49. The summed E-state index contributed by atoms with van der Waals surface area (Å²) in [4.78, 5) is 19.2. The highest BCUT2D eigenvalue weighted by atomic mass is 35.5. The average Bonchev–Trinajstić information content (AvgIpc) is 3.09. The number of hydrogen-bond acceptors (Lipinski definition) is 5. The number of ether oxygens (including phenoxy) is 1. The van der Waals surface area contributed by atoms with E-state index < -0.39 is 0 Å². The summed E-state index contributed by atoms with van der Waals surface area (Å²) in [6.45, 7) is 2.69. The maximum Gasteiger partial charge on any atom is 0.255 e. The first-order valence-corrected chi connectivity index (χ1v) is 8.69. The Morgan fingerprint density at radius 3 is 2.85 bits per heavy atom. The number of amidine groups is 1. The van der Waals surface area contributed by atoms with E-state index in [-0.39, 0.29) is 5.91 Å². The number of benzene rings is 2. The molecule has 2 aromatic carbocycles. The van der Waals surface area contributed by atoms with E-state index in [1.165, 1.54) is 18.7 Å². The number of aliphatic imine (C=N–C) groups is 1. The van der Waals surface area contributed by atoms with Crippen molar-refractivity contribution in [3.05, 3.63) is 58.6 Å². The molecule has 0 aromatic heterocycles. The number of methoxy groups -OCH3 is 1. The highest BCUT2D eigenvalue weighted by molar-refractivity contribution is 6.33. The van der Waals surface area contributed by atoms with Gasteiger partial charge in [0.25, 0.3) is 5.91 Å². The molecule has 7 heteroatoms. The van der Waals surface area contributed by atoms with Crippen LogP contribution in [0.2, 0.25) is 5.02 Å². The lowest BCUT2D eigenvalue weighted by molar-refractivity contribution is 0.0955. The summed E-state index contributed by atoms with van der Waals surface area (Å²) in [5.41, 5.74) is 7.69. The Bertz CT molecular complexity index is 824. The monoisotopic (exact) mass is 372 g/mol. The van der Waals surface area contributed by atoms with Gasteiger partial charge in [0.1, 0.15) is 11.6 Å². The second kappa shape index (κ2) is 8.10. The van der Waals surface area contributed by atoms with E-state index in [2.05, 4.69) is 27.3 Å². The molecule has 136 valence electrons. The number of nitrogen functional groups attached to an aromatic ring is 1. The molecule has 26 heavy (non-hydrogen) atoms. The summed E-state index contributed by atoms with van der Waals surface area (Å²) in [5.74, 6) is 0.972. The van der Waals surface area contributed by atoms with Gasteiger partial charge in [-0.05, 0) is 11.6 Å². The number of halogens is 1. The molecule has 2 aromatic rings. The highest BCUT2D eigenvalue weighted by Crippen LogP contribution is 2.28. The third-order valence-electron chi connectivity index (χ3n) is 4.22. The smallest absolute Gasteiger partial charge is 0.255 e. The van der Waals surface area contributed by atoms with Gasteiger partial charge >= 0.3 is 0 Å². The molecule has 0 bridgehead atoms. The maximum atomic E-state index is 12.5. The number of amides is 1. The van der Waals surface area contributed by atoms with E-state index in [1.54, 1.807) is 6.07 Å². The van der Waals surface area contributed by atoms with Crippen molar-refractivity contribution in [1.29, 1.82) is 0 Å². The predicted molar refractivity (Wildman–Crippen MR) is 104 cm³/mol. The number of nitrogens with two attached hydrogens (primary N) is 1. The number of anilines is 1. The Hall–Kier alpha value is -2.73. The van der Waals surface area contributed by atoms with Crippen LogP contribution >= 0.6 is 11.6 Å². The third kappa shape index (κ3) is 4.08. The summed E-state index contributed by atoms with van der Waals surface area (Å²) in [6.07, 6.45) is 0. The van der Waals surface area contributed by atoms with E-state index in [0.717, 1.165) is 25.5 Å². The van der Waals surface area contributed by atoms with Gasteiger partial charge in [0.2, 0.25) is 0 Å². The molecule has 0 aliphatic carbocycles. The Kier molecular flexibility index (Phi) is 5.63. The van der Waals surface area contributed by atoms with Gasteiger partial charge < -0.3 is 20.7 Å². The van der Waals surface area contributed by atoms with Crippen LogP contribution in [0.25, 0.3) is 0 Å². The lowest BCUT2D eigenvalue weighted by Gasteiger charge is -2.21. The summed E-state index contributed by atoms with van der Waals surface area (Å²) >= 11 is 6.04. The van der Waals surface area contributed by atoms with Gasteiger partial charge in [-0.15, -0.1) is 0 Å². The van der Waals surface area contributed by atoms with E-state index in [1.807, 2.05) is 18.2 Å². The van der Waals surface area contributed by atoms with Crippen molar-refractivity contribution in [2.24, 2.45) is 4.99 Å². The highest BCUT2D eigenvalue weighted by Gasteiger charge is 2.20. The normalized spacial score (nSPS) is 13.5. The quantitative estimate of drug-likeness (QED) is 0.764. The fourth-order valence-electron chi connectivity index (χ4n) is 2.84. The largest absolute Gasteiger partial charge is 0.496 e. The van der Waals surface area contributed by atoms with Crippen LogP contribution in [-0.4, -0.2) is 43.4 Å². The van der Waals surface area contributed by atoms with Gasteiger partial charge in [0.05, 0.1) is 36.5 Å². The Balaban J connectivity index is 1.65. The molecule has 0 fully saturated rings. The average molecular weight is 373 g/mol. The zero-order valence-electron chi connectivity index (χ0n) is 14.5. The third-order valence-corrected chi connectivity index (χ3v) is 4.54.